The second-order valence-electron chi connectivity index (χ2n) is 8.49. The summed E-state index contributed by atoms with van der Waals surface area (Å²) in [6.45, 7) is 2.96. The Morgan fingerprint density at radius 2 is 2.03 bits per heavy atom. The minimum Gasteiger partial charge on any atom is -0.535 e. The fourth-order valence-electron chi connectivity index (χ4n) is 4.46. The first-order valence-corrected chi connectivity index (χ1v) is 10.9. The van der Waals surface area contributed by atoms with Crippen molar-refractivity contribution >= 4 is 24.7 Å². The molecule has 0 saturated heterocycles. The summed E-state index contributed by atoms with van der Waals surface area (Å²) < 4.78 is 5.47. The summed E-state index contributed by atoms with van der Waals surface area (Å²) in [5, 5.41) is 22.9. The van der Waals surface area contributed by atoms with Crippen molar-refractivity contribution in [3.8, 4) is 5.75 Å². The molecule has 0 radical (unpaired) electrons. The van der Waals surface area contributed by atoms with Crippen LogP contribution in [0.3, 0.4) is 0 Å². The highest BCUT2D eigenvalue weighted by molar-refractivity contribution is 6.47. The number of fused-ring (bicyclic) bond motifs is 1. The Bertz CT molecular complexity index is 798. The van der Waals surface area contributed by atoms with Gasteiger partial charge in [0.15, 0.2) is 0 Å². The molecule has 3 rings (SSSR count). The number of hydrogen-bond acceptors (Lipinski definition) is 6. The highest BCUT2D eigenvalue weighted by Crippen LogP contribution is 2.37. The van der Waals surface area contributed by atoms with Gasteiger partial charge in [-0.3, -0.25) is 9.59 Å². The lowest BCUT2D eigenvalue weighted by Crippen LogP contribution is -2.42. The molecule has 1 fully saturated rings. The summed E-state index contributed by atoms with van der Waals surface area (Å²) in [6, 6.07) is 4.75. The molecule has 0 bridgehead atoms. The number of carbonyl (C=O) groups excluding carboxylic acids is 2. The molecule has 3 atom stereocenters. The van der Waals surface area contributed by atoms with Gasteiger partial charge in [0.25, 0.3) is 0 Å². The zero-order valence-electron chi connectivity index (χ0n) is 17.4. The molecule has 7 nitrogen and oxygen atoms in total. The van der Waals surface area contributed by atoms with Crippen LogP contribution in [0.5, 0.6) is 5.75 Å². The van der Waals surface area contributed by atoms with Crippen molar-refractivity contribution in [2.45, 2.75) is 70.1 Å². The lowest BCUT2D eigenvalue weighted by Gasteiger charge is -2.30. The van der Waals surface area contributed by atoms with Crippen LogP contribution in [0, 0.1) is 5.92 Å². The van der Waals surface area contributed by atoms with Crippen molar-refractivity contribution in [3.05, 3.63) is 29.3 Å². The molecule has 3 N–H and O–H groups in total. The third kappa shape index (κ3) is 5.49. The van der Waals surface area contributed by atoms with E-state index in [-0.39, 0.29) is 41.3 Å². The van der Waals surface area contributed by atoms with E-state index in [1.807, 2.05) is 0 Å². The van der Waals surface area contributed by atoms with Gasteiger partial charge in [0.1, 0.15) is 17.3 Å². The smallest absolute Gasteiger partial charge is 0.526 e. The van der Waals surface area contributed by atoms with Crippen LogP contribution in [-0.2, 0) is 16.0 Å². The predicted molar refractivity (Wildman–Crippen MR) is 113 cm³/mol. The standard InChI is InChI=1S/C22H30BNO6/c1-2-3-9-24-19-8-7-14(11-20(19)26)10-17(25)13-16-12-15-5-4-6-18(22(27)28)21(15)30-23(16)29/h4-6,14,16,19,24,29H,2-3,7-13H2,1H3,(H,27,28)/t14?,16-,19?/m1/s1. The van der Waals surface area contributed by atoms with Gasteiger partial charge >= 0.3 is 13.1 Å². The second kappa shape index (κ2) is 10.2. The lowest BCUT2D eigenvalue weighted by molar-refractivity contribution is -0.125. The number of hydrogen-bond donors (Lipinski definition) is 3. The average molecular weight is 415 g/mol. The number of carbonyl (C=O) groups is 3. The quantitative estimate of drug-likeness (QED) is 0.420. The first kappa shape index (κ1) is 22.5. The van der Waals surface area contributed by atoms with Crippen molar-refractivity contribution in [2.75, 3.05) is 6.54 Å². The van der Waals surface area contributed by atoms with Gasteiger partial charge in [-0.1, -0.05) is 25.5 Å². The van der Waals surface area contributed by atoms with Crippen LogP contribution in [-0.4, -0.2) is 47.4 Å². The molecule has 2 unspecified atom stereocenters. The van der Waals surface area contributed by atoms with Crippen LogP contribution in [0.4, 0.5) is 0 Å². The summed E-state index contributed by atoms with van der Waals surface area (Å²) >= 11 is 0. The van der Waals surface area contributed by atoms with Gasteiger partial charge in [-0.2, -0.15) is 0 Å². The second-order valence-corrected chi connectivity index (χ2v) is 8.49. The third-order valence-electron chi connectivity index (χ3n) is 6.12. The molecule has 1 aliphatic carbocycles. The lowest BCUT2D eigenvalue weighted by atomic mass is 9.64. The molecule has 1 aliphatic heterocycles. The summed E-state index contributed by atoms with van der Waals surface area (Å²) in [6.07, 6.45) is 5.04. The van der Waals surface area contributed by atoms with Crippen molar-refractivity contribution in [2.24, 2.45) is 5.92 Å². The van der Waals surface area contributed by atoms with E-state index < -0.39 is 18.9 Å². The van der Waals surface area contributed by atoms with Gasteiger partial charge in [0, 0.05) is 25.1 Å². The largest absolute Gasteiger partial charge is 0.535 e. The number of rotatable bonds is 9. The monoisotopic (exact) mass is 415 g/mol. The van der Waals surface area contributed by atoms with E-state index in [1.165, 1.54) is 6.07 Å². The molecule has 0 spiro atoms. The van der Waals surface area contributed by atoms with E-state index in [0.717, 1.165) is 32.2 Å². The van der Waals surface area contributed by atoms with E-state index in [9.17, 15) is 24.5 Å². The van der Waals surface area contributed by atoms with Crippen LogP contribution in [0.1, 0.15) is 67.8 Å². The van der Waals surface area contributed by atoms with E-state index in [0.29, 0.717) is 24.8 Å². The Hall–Kier alpha value is -2.19. The highest BCUT2D eigenvalue weighted by atomic mass is 16.5. The maximum absolute atomic E-state index is 12.6. The van der Waals surface area contributed by atoms with E-state index in [1.54, 1.807) is 12.1 Å². The maximum Gasteiger partial charge on any atom is 0.526 e. The molecule has 30 heavy (non-hydrogen) atoms. The Labute approximate surface area is 177 Å². The first-order valence-electron chi connectivity index (χ1n) is 10.9. The molecule has 1 aromatic carbocycles. The number of carboxylic acid groups (broad SMARTS) is 1. The van der Waals surface area contributed by atoms with Gasteiger partial charge in [-0.05, 0) is 49.8 Å². The number of unbranched alkanes of at least 4 members (excludes halogenated alkanes) is 1. The molecular formula is C22H30BNO6. The number of nitrogens with one attached hydrogen (secondary N) is 1. The Morgan fingerprint density at radius 3 is 2.73 bits per heavy atom. The zero-order valence-corrected chi connectivity index (χ0v) is 17.4. The van der Waals surface area contributed by atoms with Crippen LogP contribution < -0.4 is 9.97 Å². The number of aromatic carboxylic acids is 1. The SMILES string of the molecule is CCCCNC1CCC(CC(=O)C[C@H]2Cc3cccc(C(=O)O)c3OB2O)CC1=O. The van der Waals surface area contributed by atoms with E-state index in [4.69, 9.17) is 4.65 Å². The third-order valence-corrected chi connectivity index (χ3v) is 6.12. The molecule has 1 heterocycles. The van der Waals surface area contributed by atoms with Gasteiger partial charge < -0.3 is 20.1 Å². The highest BCUT2D eigenvalue weighted by Gasteiger charge is 2.38. The normalized spacial score (nSPS) is 23.6. The fraction of sp³-hybridized carbons (Fsp3) is 0.591. The van der Waals surface area contributed by atoms with E-state index >= 15 is 0 Å². The number of benzene rings is 1. The number of para-hydroxylation sites is 1. The summed E-state index contributed by atoms with van der Waals surface area (Å²) in [4.78, 5) is 36.3. The number of ketones is 2. The van der Waals surface area contributed by atoms with Crippen molar-refractivity contribution in [3.63, 3.8) is 0 Å². The van der Waals surface area contributed by atoms with Crippen LogP contribution in [0.25, 0.3) is 0 Å². The van der Waals surface area contributed by atoms with Crippen molar-refractivity contribution in [1.82, 2.24) is 5.32 Å². The Morgan fingerprint density at radius 1 is 1.23 bits per heavy atom. The Balaban J connectivity index is 1.52. The van der Waals surface area contributed by atoms with Gasteiger partial charge in [-0.25, -0.2) is 4.79 Å². The molecule has 1 saturated carbocycles. The maximum atomic E-state index is 12.6. The van der Waals surface area contributed by atoms with E-state index in [2.05, 4.69) is 12.2 Å². The number of carboxylic acids is 1. The first-order chi connectivity index (χ1) is 14.4. The molecule has 1 aromatic rings. The van der Waals surface area contributed by atoms with Crippen LogP contribution in [0.15, 0.2) is 18.2 Å². The molecule has 8 heteroatoms. The minimum absolute atomic E-state index is 0.00989. The molecule has 2 aliphatic rings. The summed E-state index contributed by atoms with van der Waals surface area (Å²) in [5.74, 6) is -1.10. The van der Waals surface area contributed by atoms with Crippen LogP contribution in [0.2, 0.25) is 5.82 Å². The Kier molecular flexibility index (Phi) is 7.66. The molecule has 162 valence electrons. The fourth-order valence-corrected chi connectivity index (χ4v) is 4.46. The summed E-state index contributed by atoms with van der Waals surface area (Å²) in [7, 11) is -1.22. The predicted octanol–water partition coefficient (Wildman–Crippen LogP) is 2.65. The zero-order chi connectivity index (χ0) is 21.7. The molecule has 0 amide bonds. The van der Waals surface area contributed by atoms with Crippen molar-refractivity contribution in [1.29, 1.82) is 0 Å². The molecular weight excluding hydrogens is 385 g/mol. The van der Waals surface area contributed by atoms with Gasteiger partial charge in [0.2, 0.25) is 0 Å². The van der Waals surface area contributed by atoms with Crippen molar-refractivity contribution < 1.29 is 29.2 Å². The van der Waals surface area contributed by atoms with Gasteiger partial charge in [0.05, 0.1) is 11.6 Å². The topological polar surface area (TPSA) is 113 Å². The molecule has 0 aromatic heterocycles. The van der Waals surface area contributed by atoms with Gasteiger partial charge in [-0.15, -0.1) is 0 Å². The number of Topliss-reactive ketones (excluding diaryl/α,β-unsaturated/α-hetero) is 2. The summed E-state index contributed by atoms with van der Waals surface area (Å²) in [5.41, 5.74) is 0.700. The minimum atomic E-state index is -1.22. The average Bonchev–Trinajstić information content (AvgIpc) is 2.69. The van der Waals surface area contributed by atoms with Crippen LogP contribution >= 0.6 is 0 Å².